The Labute approximate surface area is 364 Å². The molecule has 1 saturated heterocycles. The minimum Gasteiger partial charge on any atom is -0.394 e. The van der Waals surface area contributed by atoms with Gasteiger partial charge in [-0.05, 0) is 12.8 Å². The third-order valence-corrected chi connectivity index (χ3v) is 12.7. The van der Waals surface area contributed by atoms with Gasteiger partial charge in [-0.3, -0.25) is 4.79 Å². The van der Waals surface area contributed by atoms with Crippen LogP contribution in [0.15, 0.2) is 0 Å². The molecule has 1 fully saturated rings. The highest BCUT2D eigenvalue weighted by Gasteiger charge is 2.44. The number of aliphatic hydroxyl groups is 5. The number of ether oxygens (including phenoxy) is 2. The van der Waals surface area contributed by atoms with E-state index >= 15 is 0 Å². The smallest absolute Gasteiger partial charge is 0.220 e. The molecule has 0 bridgehead atoms. The summed E-state index contributed by atoms with van der Waals surface area (Å²) in [5.41, 5.74) is 0. The molecule has 7 unspecified atom stereocenters. The van der Waals surface area contributed by atoms with E-state index in [0.29, 0.717) is 12.8 Å². The third-order valence-electron chi connectivity index (χ3n) is 12.7. The van der Waals surface area contributed by atoms with Crippen LogP contribution in [0.2, 0.25) is 0 Å². The van der Waals surface area contributed by atoms with Gasteiger partial charge >= 0.3 is 0 Å². The van der Waals surface area contributed by atoms with Gasteiger partial charge in [-0.15, -0.1) is 0 Å². The molecule has 1 heterocycles. The SMILES string of the molecule is CCCCCCCCCCCCCCCCCCCCCCCCCCCCCC(=O)NC(COC1OC(CO)C(O)C(O)C1O)C(O)CCCCCCCCCCC. The van der Waals surface area contributed by atoms with Crippen molar-refractivity contribution >= 4 is 5.91 Å². The van der Waals surface area contributed by atoms with Crippen molar-refractivity contribution in [1.29, 1.82) is 0 Å². The lowest BCUT2D eigenvalue weighted by molar-refractivity contribution is -0.302. The Morgan fingerprint density at radius 3 is 1.20 bits per heavy atom. The zero-order valence-corrected chi connectivity index (χ0v) is 38.8. The third kappa shape index (κ3) is 31.6. The first-order chi connectivity index (χ1) is 28.8. The molecule has 9 heteroatoms. The fourth-order valence-electron chi connectivity index (χ4n) is 8.58. The van der Waals surface area contributed by atoms with Gasteiger partial charge in [0.25, 0.3) is 0 Å². The number of rotatable bonds is 44. The van der Waals surface area contributed by atoms with E-state index in [1.54, 1.807) is 0 Å². The highest BCUT2D eigenvalue weighted by Crippen LogP contribution is 2.23. The number of aliphatic hydroxyl groups excluding tert-OH is 5. The van der Waals surface area contributed by atoms with Crippen molar-refractivity contribution in [3.8, 4) is 0 Å². The summed E-state index contributed by atoms with van der Waals surface area (Å²) in [6, 6.07) is -0.710. The molecule has 0 saturated carbocycles. The van der Waals surface area contributed by atoms with Gasteiger partial charge in [-0.25, -0.2) is 0 Å². The van der Waals surface area contributed by atoms with Gasteiger partial charge in [0, 0.05) is 6.42 Å². The average molecular weight is 842 g/mol. The van der Waals surface area contributed by atoms with Crippen molar-refractivity contribution in [3.63, 3.8) is 0 Å². The molecule has 0 spiro atoms. The first kappa shape index (κ1) is 56.2. The number of nitrogens with one attached hydrogen (secondary N) is 1. The molecule has 1 aliphatic rings. The van der Waals surface area contributed by atoms with E-state index in [1.807, 2.05) is 0 Å². The Hall–Kier alpha value is -0.810. The van der Waals surface area contributed by atoms with Crippen molar-refractivity contribution in [2.75, 3.05) is 13.2 Å². The van der Waals surface area contributed by atoms with E-state index in [4.69, 9.17) is 9.47 Å². The summed E-state index contributed by atoms with van der Waals surface area (Å²) in [6.45, 7) is 3.83. The highest BCUT2D eigenvalue weighted by atomic mass is 16.7. The zero-order chi connectivity index (χ0) is 43.0. The van der Waals surface area contributed by atoms with Crippen LogP contribution in [0.1, 0.15) is 258 Å². The van der Waals surface area contributed by atoms with Gasteiger partial charge in [-0.1, -0.05) is 239 Å². The van der Waals surface area contributed by atoms with E-state index in [2.05, 4.69) is 19.2 Å². The Balaban J connectivity index is 2.11. The molecule has 0 aromatic heterocycles. The van der Waals surface area contributed by atoms with Gasteiger partial charge in [-0.2, -0.15) is 0 Å². The molecule has 0 aromatic carbocycles. The number of carbonyl (C=O) groups excluding carboxylic acids is 1. The second kappa shape index (κ2) is 41.2. The lowest BCUT2D eigenvalue weighted by Crippen LogP contribution is -2.60. The molecular weight excluding hydrogens is 743 g/mol. The molecule has 0 radical (unpaired) electrons. The number of unbranched alkanes of at least 4 members (excludes halogenated alkanes) is 34. The van der Waals surface area contributed by atoms with Crippen LogP contribution >= 0.6 is 0 Å². The number of hydrogen-bond donors (Lipinski definition) is 6. The van der Waals surface area contributed by atoms with Crippen molar-refractivity contribution in [2.45, 2.75) is 301 Å². The molecular formula is C50H99NO8. The number of carbonyl (C=O) groups is 1. The van der Waals surface area contributed by atoms with Gasteiger partial charge in [0.05, 0.1) is 25.4 Å². The predicted molar refractivity (Wildman–Crippen MR) is 244 cm³/mol. The maximum atomic E-state index is 13.0. The van der Waals surface area contributed by atoms with Crippen LogP contribution in [0.3, 0.4) is 0 Å². The van der Waals surface area contributed by atoms with Crippen LogP contribution in [0, 0.1) is 0 Å². The fraction of sp³-hybridized carbons (Fsp3) is 0.980. The molecule has 7 atom stereocenters. The Bertz CT molecular complexity index is 893. The first-order valence-corrected chi connectivity index (χ1v) is 25.7. The second-order valence-electron chi connectivity index (χ2n) is 18.3. The van der Waals surface area contributed by atoms with Crippen LogP contribution in [-0.2, 0) is 14.3 Å². The summed E-state index contributed by atoms with van der Waals surface area (Å²) < 4.78 is 11.2. The lowest BCUT2D eigenvalue weighted by atomic mass is 9.99. The molecule has 6 N–H and O–H groups in total. The zero-order valence-electron chi connectivity index (χ0n) is 38.8. The fourth-order valence-corrected chi connectivity index (χ4v) is 8.58. The maximum absolute atomic E-state index is 13.0. The van der Waals surface area contributed by atoms with Gasteiger partial charge in [0.15, 0.2) is 6.29 Å². The molecule has 0 aliphatic carbocycles. The quantitative estimate of drug-likeness (QED) is 0.0332. The van der Waals surface area contributed by atoms with Crippen molar-refractivity contribution in [3.05, 3.63) is 0 Å². The summed E-state index contributed by atoms with van der Waals surface area (Å²) in [6.07, 6.45) is 40.0. The topological polar surface area (TPSA) is 149 Å². The van der Waals surface area contributed by atoms with Crippen LogP contribution < -0.4 is 5.32 Å². The van der Waals surface area contributed by atoms with Gasteiger partial charge < -0.3 is 40.3 Å². The standard InChI is InChI=1S/C50H99NO8/c1-3-5-7-9-11-13-14-15-16-17-18-19-20-21-22-23-24-25-26-27-28-29-30-32-34-36-38-40-46(54)51-43(44(53)39-37-35-33-31-12-10-8-6-4-2)42-58-50-49(57)48(56)47(55)45(41-52)59-50/h43-45,47-50,52-53,55-57H,3-42H2,1-2H3,(H,51,54). The number of amides is 1. The van der Waals surface area contributed by atoms with Gasteiger partial charge in [0.2, 0.25) is 5.91 Å². The van der Waals surface area contributed by atoms with Gasteiger partial charge in [0.1, 0.15) is 24.4 Å². The monoisotopic (exact) mass is 842 g/mol. The Morgan fingerprint density at radius 2 is 0.847 bits per heavy atom. The van der Waals surface area contributed by atoms with E-state index in [9.17, 15) is 30.3 Å². The normalized spacial score (nSPS) is 20.6. The van der Waals surface area contributed by atoms with E-state index in [-0.39, 0.29) is 12.5 Å². The van der Waals surface area contributed by atoms with E-state index in [0.717, 1.165) is 38.5 Å². The van der Waals surface area contributed by atoms with Crippen LogP contribution in [0.25, 0.3) is 0 Å². The highest BCUT2D eigenvalue weighted by molar-refractivity contribution is 5.76. The maximum Gasteiger partial charge on any atom is 0.220 e. The minimum absolute atomic E-state index is 0.132. The predicted octanol–water partition coefficient (Wildman–Crippen LogP) is 11.5. The Morgan fingerprint density at radius 1 is 0.508 bits per heavy atom. The summed E-state index contributed by atoms with van der Waals surface area (Å²) in [7, 11) is 0. The molecule has 1 rings (SSSR count). The van der Waals surface area contributed by atoms with Crippen molar-refractivity contribution < 1.29 is 39.8 Å². The molecule has 9 nitrogen and oxygen atoms in total. The van der Waals surface area contributed by atoms with Crippen LogP contribution in [0.4, 0.5) is 0 Å². The first-order valence-electron chi connectivity index (χ1n) is 25.7. The minimum atomic E-state index is -1.55. The van der Waals surface area contributed by atoms with Crippen molar-refractivity contribution in [1.82, 2.24) is 5.32 Å². The molecule has 352 valence electrons. The average Bonchev–Trinajstić information content (AvgIpc) is 3.23. The lowest BCUT2D eigenvalue weighted by Gasteiger charge is -2.40. The van der Waals surface area contributed by atoms with E-state index < -0.39 is 49.5 Å². The van der Waals surface area contributed by atoms with Crippen LogP contribution in [-0.4, -0.2) is 87.5 Å². The Kier molecular flexibility index (Phi) is 39.3. The largest absolute Gasteiger partial charge is 0.394 e. The number of hydrogen-bond acceptors (Lipinski definition) is 8. The summed E-state index contributed by atoms with van der Waals surface area (Å²) in [5.74, 6) is -0.141. The molecule has 59 heavy (non-hydrogen) atoms. The van der Waals surface area contributed by atoms with Crippen molar-refractivity contribution in [2.24, 2.45) is 0 Å². The summed E-state index contributed by atoms with van der Waals surface area (Å²) >= 11 is 0. The molecule has 1 amide bonds. The van der Waals surface area contributed by atoms with Crippen LogP contribution in [0.5, 0.6) is 0 Å². The summed E-state index contributed by atoms with van der Waals surface area (Å²) in [4.78, 5) is 13.0. The molecule has 0 aromatic rings. The molecule has 1 aliphatic heterocycles. The second-order valence-corrected chi connectivity index (χ2v) is 18.3. The van der Waals surface area contributed by atoms with E-state index in [1.165, 1.54) is 193 Å². The summed E-state index contributed by atoms with van der Waals surface area (Å²) in [5, 5.41) is 54.3.